The Hall–Kier alpha value is -2.64. The number of hydrogen-bond acceptors (Lipinski definition) is 5. The van der Waals surface area contributed by atoms with Crippen molar-refractivity contribution in [3.63, 3.8) is 0 Å². The van der Waals surface area contributed by atoms with E-state index in [0.29, 0.717) is 5.69 Å². The summed E-state index contributed by atoms with van der Waals surface area (Å²) >= 11 is 0. The van der Waals surface area contributed by atoms with Crippen molar-refractivity contribution in [3.8, 4) is 0 Å². The van der Waals surface area contributed by atoms with Crippen molar-refractivity contribution >= 4 is 23.7 Å². The lowest BCUT2D eigenvalue weighted by Gasteiger charge is -2.30. The Morgan fingerprint density at radius 2 is 1.96 bits per heavy atom. The molecule has 0 radical (unpaired) electrons. The van der Waals surface area contributed by atoms with E-state index >= 15 is 0 Å². The number of benzene rings is 1. The van der Waals surface area contributed by atoms with Crippen LogP contribution in [0.4, 0.5) is 14.9 Å². The summed E-state index contributed by atoms with van der Waals surface area (Å²) in [5.74, 6) is -1.86. The molecule has 0 bridgehead atoms. The highest BCUT2D eigenvalue weighted by Gasteiger charge is 2.53. The Kier molecular flexibility index (Phi) is 5.25. The zero-order valence-corrected chi connectivity index (χ0v) is 15.5. The summed E-state index contributed by atoms with van der Waals surface area (Å²) in [5, 5.41) is 2.48. The number of amides is 2. The molecule has 0 saturated carbocycles. The minimum atomic E-state index is -1.79. The van der Waals surface area contributed by atoms with E-state index in [2.05, 4.69) is 5.32 Å². The van der Waals surface area contributed by atoms with Crippen LogP contribution in [-0.4, -0.2) is 37.2 Å². The lowest BCUT2D eigenvalue weighted by atomic mass is 9.87. The minimum Gasteiger partial charge on any atom is -0.466 e. The van der Waals surface area contributed by atoms with Gasteiger partial charge >= 0.3 is 12.1 Å². The molecule has 1 heterocycles. The third-order valence-electron chi connectivity index (χ3n) is 3.88. The quantitative estimate of drug-likeness (QED) is 0.828. The molecule has 1 aromatic carbocycles. The number of halogens is 1. The molecule has 0 unspecified atom stereocenters. The van der Waals surface area contributed by atoms with Crippen LogP contribution in [0.3, 0.4) is 0 Å². The maximum atomic E-state index is 13.9. The maximum Gasteiger partial charge on any atom is 0.408 e. The Bertz CT molecular complexity index is 744. The molecule has 1 aliphatic heterocycles. The molecule has 0 aromatic heterocycles. The van der Waals surface area contributed by atoms with Gasteiger partial charge in [-0.3, -0.25) is 9.59 Å². The summed E-state index contributed by atoms with van der Waals surface area (Å²) in [6.45, 7) is 6.74. The number of ether oxygens (including phenoxy) is 2. The van der Waals surface area contributed by atoms with E-state index < -0.39 is 41.3 Å². The fourth-order valence-corrected chi connectivity index (χ4v) is 2.90. The summed E-state index contributed by atoms with van der Waals surface area (Å²) in [5.41, 5.74) is -2.02. The molecule has 142 valence electrons. The molecule has 0 spiro atoms. The van der Waals surface area contributed by atoms with E-state index in [4.69, 9.17) is 9.47 Å². The standard InChI is InChI=1S/C18H23FN2O5/c1-6-25-14(22)10-18(20-16(24)26-17(2,3)4)12-9-11(19)7-8-13(12)21(5)15(18)23/h7-9H,6,10H2,1-5H3,(H,20,24)/t18-/m1/s1. The summed E-state index contributed by atoms with van der Waals surface area (Å²) in [6, 6.07) is 3.76. The van der Waals surface area contributed by atoms with Crippen molar-refractivity contribution in [2.24, 2.45) is 0 Å². The van der Waals surface area contributed by atoms with Gasteiger partial charge in [-0.1, -0.05) is 0 Å². The number of carbonyl (C=O) groups excluding carboxylic acids is 3. The van der Waals surface area contributed by atoms with Gasteiger partial charge in [0.2, 0.25) is 0 Å². The van der Waals surface area contributed by atoms with Gasteiger partial charge in [-0.25, -0.2) is 9.18 Å². The van der Waals surface area contributed by atoms with E-state index in [1.807, 2.05) is 0 Å². The predicted octanol–water partition coefficient (Wildman–Crippen LogP) is 2.48. The Labute approximate surface area is 151 Å². The largest absolute Gasteiger partial charge is 0.466 e. The van der Waals surface area contributed by atoms with Crippen molar-refractivity contribution in [1.82, 2.24) is 5.32 Å². The lowest BCUT2D eigenvalue weighted by Crippen LogP contribution is -2.54. The molecule has 8 heteroatoms. The van der Waals surface area contributed by atoms with Gasteiger partial charge in [0.1, 0.15) is 11.4 Å². The van der Waals surface area contributed by atoms with Gasteiger partial charge in [-0.15, -0.1) is 0 Å². The molecule has 2 rings (SSSR count). The number of likely N-dealkylation sites (N-methyl/N-ethyl adjacent to an activating group) is 1. The van der Waals surface area contributed by atoms with Gasteiger partial charge in [0, 0.05) is 18.3 Å². The summed E-state index contributed by atoms with van der Waals surface area (Å²) in [4.78, 5) is 38.7. The van der Waals surface area contributed by atoms with Crippen molar-refractivity contribution in [1.29, 1.82) is 0 Å². The minimum absolute atomic E-state index is 0.112. The molecule has 0 aliphatic carbocycles. The number of esters is 1. The van der Waals surface area contributed by atoms with Crippen LogP contribution < -0.4 is 10.2 Å². The highest BCUT2D eigenvalue weighted by Crippen LogP contribution is 2.42. The molecular formula is C18H23FN2O5. The summed E-state index contributed by atoms with van der Waals surface area (Å²) in [7, 11) is 1.49. The highest BCUT2D eigenvalue weighted by molar-refractivity contribution is 6.10. The van der Waals surface area contributed by atoms with Crippen LogP contribution in [0.2, 0.25) is 0 Å². The first kappa shape index (κ1) is 19.7. The number of alkyl carbamates (subject to hydrolysis) is 1. The van der Waals surface area contributed by atoms with E-state index in [1.54, 1.807) is 27.7 Å². The molecule has 1 N–H and O–H groups in total. The molecular weight excluding hydrogens is 343 g/mol. The van der Waals surface area contributed by atoms with Crippen LogP contribution >= 0.6 is 0 Å². The van der Waals surface area contributed by atoms with Gasteiger partial charge < -0.3 is 19.7 Å². The highest BCUT2D eigenvalue weighted by atomic mass is 19.1. The molecule has 1 aromatic rings. The van der Waals surface area contributed by atoms with Crippen LogP contribution in [-0.2, 0) is 24.6 Å². The number of hydrogen-bond donors (Lipinski definition) is 1. The van der Waals surface area contributed by atoms with Crippen LogP contribution in [0.25, 0.3) is 0 Å². The van der Waals surface area contributed by atoms with Crippen LogP contribution in [0.1, 0.15) is 39.7 Å². The second-order valence-electron chi connectivity index (χ2n) is 7.04. The average molecular weight is 366 g/mol. The van der Waals surface area contributed by atoms with E-state index in [1.165, 1.54) is 24.1 Å². The van der Waals surface area contributed by atoms with E-state index in [0.717, 1.165) is 6.07 Å². The molecule has 1 aliphatic rings. The Balaban J connectivity index is 2.51. The van der Waals surface area contributed by atoms with Crippen LogP contribution in [0.15, 0.2) is 18.2 Å². The smallest absolute Gasteiger partial charge is 0.408 e. The number of nitrogens with zero attached hydrogens (tertiary/aromatic N) is 1. The van der Waals surface area contributed by atoms with Gasteiger partial charge in [-0.2, -0.15) is 0 Å². The van der Waals surface area contributed by atoms with Crippen molar-refractivity contribution in [3.05, 3.63) is 29.6 Å². The Morgan fingerprint density at radius 1 is 1.31 bits per heavy atom. The van der Waals surface area contributed by atoms with Crippen LogP contribution in [0.5, 0.6) is 0 Å². The number of rotatable bonds is 4. The normalized spacial score (nSPS) is 19.2. The lowest BCUT2D eigenvalue weighted by molar-refractivity contribution is -0.147. The van der Waals surface area contributed by atoms with Crippen molar-refractivity contribution in [2.75, 3.05) is 18.6 Å². The van der Waals surface area contributed by atoms with Gasteiger partial charge in [0.05, 0.1) is 13.0 Å². The first-order valence-corrected chi connectivity index (χ1v) is 8.25. The average Bonchev–Trinajstić information content (AvgIpc) is 2.68. The van der Waals surface area contributed by atoms with Crippen molar-refractivity contribution < 1.29 is 28.2 Å². The fourth-order valence-electron chi connectivity index (χ4n) is 2.90. The molecule has 7 nitrogen and oxygen atoms in total. The summed E-state index contributed by atoms with van der Waals surface area (Å²) < 4.78 is 24.0. The molecule has 26 heavy (non-hydrogen) atoms. The third-order valence-corrected chi connectivity index (χ3v) is 3.88. The number of anilines is 1. The van der Waals surface area contributed by atoms with Crippen molar-refractivity contribution in [2.45, 2.75) is 45.3 Å². The third kappa shape index (κ3) is 3.79. The molecule has 0 saturated heterocycles. The predicted molar refractivity (Wildman–Crippen MR) is 92.1 cm³/mol. The van der Waals surface area contributed by atoms with Crippen LogP contribution in [0, 0.1) is 5.82 Å². The maximum absolute atomic E-state index is 13.9. The zero-order valence-electron chi connectivity index (χ0n) is 15.5. The zero-order chi connectivity index (χ0) is 19.7. The monoisotopic (exact) mass is 366 g/mol. The first-order chi connectivity index (χ1) is 12.0. The Morgan fingerprint density at radius 3 is 2.54 bits per heavy atom. The SMILES string of the molecule is CCOC(=O)C[C@]1(NC(=O)OC(C)(C)C)C(=O)N(C)c2ccc(F)cc21. The number of fused-ring (bicyclic) bond motifs is 1. The second-order valence-corrected chi connectivity index (χ2v) is 7.04. The van der Waals surface area contributed by atoms with Gasteiger partial charge in [0.25, 0.3) is 5.91 Å². The molecule has 1 atom stereocenters. The van der Waals surface area contributed by atoms with E-state index in [9.17, 15) is 18.8 Å². The first-order valence-electron chi connectivity index (χ1n) is 8.25. The van der Waals surface area contributed by atoms with Gasteiger partial charge in [-0.05, 0) is 45.9 Å². The van der Waals surface area contributed by atoms with E-state index in [-0.39, 0.29) is 12.2 Å². The molecule has 2 amide bonds. The summed E-state index contributed by atoms with van der Waals surface area (Å²) in [6.07, 6.45) is -1.36. The van der Waals surface area contributed by atoms with Gasteiger partial charge in [0.15, 0.2) is 5.54 Å². The number of nitrogens with one attached hydrogen (secondary N) is 1. The molecule has 0 fully saturated rings. The second kappa shape index (κ2) is 6.93. The fraction of sp³-hybridized carbons (Fsp3) is 0.500. The number of carbonyl (C=O) groups is 3. The topological polar surface area (TPSA) is 84.9 Å².